The maximum absolute atomic E-state index is 14.6. The van der Waals surface area contributed by atoms with Crippen LogP contribution in [0.5, 0.6) is 0 Å². The molecule has 4 heteroatoms. The van der Waals surface area contributed by atoms with Gasteiger partial charge in [-0.15, -0.1) is 0 Å². The molecule has 0 saturated heterocycles. The molecule has 0 saturated carbocycles. The van der Waals surface area contributed by atoms with Crippen molar-refractivity contribution < 1.29 is 17.6 Å². The van der Waals surface area contributed by atoms with Gasteiger partial charge in [-0.3, -0.25) is 0 Å². The summed E-state index contributed by atoms with van der Waals surface area (Å²) in [6.07, 6.45) is 0.865. The molecule has 0 amide bonds. The molecule has 3 aromatic carbocycles. The molecule has 3 aromatic rings. The maximum Gasteiger partial charge on any atom is 0.396 e. The van der Waals surface area contributed by atoms with Gasteiger partial charge in [-0.2, -0.15) is 13.2 Å². The summed E-state index contributed by atoms with van der Waals surface area (Å²) >= 11 is 0. The summed E-state index contributed by atoms with van der Waals surface area (Å²) in [6.45, 7) is 2.13. The van der Waals surface area contributed by atoms with E-state index in [1.54, 1.807) is 30.3 Å². The molecule has 0 aliphatic heterocycles. The van der Waals surface area contributed by atoms with Crippen molar-refractivity contribution in [3.05, 3.63) is 106 Å². The molecule has 0 aliphatic rings. The molecule has 0 N–H and O–H groups in total. The summed E-state index contributed by atoms with van der Waals surface area (Å²) in [5.41, 5.74) is 3.06. The highest BCUT2D eigenvalue weighted by atomic mass is 19.4. The molecular weight excluding hydrogens is 388 g/mol. The minimum Gasteiger partial charge on any atom is -0.207 e. The van der Waals surface area contributed by atoms with Crippen molar-refractivity contribution in [2.45, 2.75) is 38.3 Å². The van der Waals surface area contributed by atoms with Crippen LogP contribution in [0.4, 0.5) is 17.6 Å². The van der Waals surface area contributed by atoms with Gasteiger partial charge in [0.25, 0.3) is 0 Å². The monoisotopic (exact) mass is 412 g/mol. The van der Waals surface area contributed by atoms with E-state index in [1.165, 1.54) is 29.8 Å². The SMILES string of the molecule is CCCc1ccc(/C=C/c2ccc(C[C@@H](c3ccccc3)C(F)(F)F)c(F)c2)cc1. The van der Waals surface area contributed by atoms with E-state index < -0.39 is 24.3 Å². The summed E-state index contributed by atoms with van der Waals surface area (Å²) in [5, 5.41) is 0. The third kappa shape index (κ3) is 5.82. The van der Waals surface area contributed by atoms with Gasteiger partial charge >= 0.3 is 6.18 Å². The Morgan fingerprint density at radius 2 is 1.47 bits per heavy atom. The molecule has 30 heavy (non-hydrogen) atoms. The summed E-state index contributed by atoms with van der Waals surface area (Å²) in [7, 11) is 0. The second kappa shape index (κ2) is 9.75. The predicted molar refractivity (Wildman–Crippen MR) is 115 cm³/mol. The number of aryl methyl sites for hydroxylation is 1. The Balaban J connectivity index is 1.75. The minimum absolute atomic E-state index is 0.0576. The fourth-order valence-electron chi connectivity index (χ4n) is 3.44. The highest BCUT2D eigenvalue weighted by Crippen LogP contribution is 2.37. The van der Waals surface area contributed by atoms with E-state index in [0.29, 0.717) is 5.56 Å². The number of benzene rings is 3. The molecule has 0 fully saturated rings. The Morgan fingerprint density at radius 3 is 2.07 bits per heavy atom. The lowest BCUT2D eigenvalue weighted by Crippen LogP contribution is -2.23. The van der Waals surface area contributed by atoms with E-state index in [4.69, 9.17) is 0 Å². The zero-order valence-corrected chi connectivity index (χ0v) is 16.8. The summed E-state index contributed by atoms with van der Waals surface area (Å²) in [4.78, 5) is 0. The Morgan fingerprint density at radius 1 is 0.833 bits per heavy atom. The fourth-order valence-corrected chi connectivity index (χ4v) is 3.44. The minimum atomic E-state index is -4.45. The van der Waals surface area contributed by atoms with Gasteiger partial charge in [0.1, 0.15) is 5.82 Å². The third-order valence-corrected chi connectivity index (χ3v) is 5.08. The number of hydrogen-bond donors (Lipinski definition) is 0. The number of hydrogen-bond acceptors (Lipinski definition) is 0. The van der Waals surface area contributed by atoms with Crippen molar-refractivity contribution in [2.75, 3.05) is 0 Å². The lowest BCUT2D eigenvalue weighted by atomic mass is 9.91. The van der Waals surface area contributed by atoms with Crippen molar-refractivity contribution in [1.29, 1.82) is 0 Å². The van der Waals surface area contributed by atoms with Crippen LogP contribution in [-0.2, 0) is 12.8 Å². The molecule has 0 unspecified atom stereocenters. The van der Waals surface area contributed by atoms with Crippen LogP contribution >= 0.6 is 0 Å². The largest absolute Gasteiger partial charge is 0.396 e. The van der Waals surface area contributed by atoms with Crippen molar-refractivity contribution in [2.24, 2.45) is 0 Å². The van der Waals surface area contributed by atoms with E-state index in [1.807, 2.05) is 18.2 Å². The van der Waals surface area contributed by atoms with Gasteiger partial charge < -0.3 is 0 Å². The van der Waals surface area contributed by atoms with Crippen LogP contribution in [0.3, 0.4) is 0 Å². The Labute approximate surface area is 174 Å². The number of alkyl halides is 3. The molecule has 0 heterocycles. The Bertz CT molecular complexity index is 970. The molecule has 0 aliphatic carbocycles. The summed E-state index contributed by atoms with van der Waals surface area (Å²) in [5.74, 6) is -2.36. The second-order valence-electron chi connectivity index (χ2n) is 7.38. The lowest BCUT2D eigenvalue weighted by molar-refractivity contribution is -0.150. The Hall–Kier alpha value is -2.88. The van der Waals surface area contributed by atoms with Gasteiger partial charge in [0.15, 0.2) is 0 Å². The van der Waals surface area contributed by atoms with Gasteiger partial charge in [0, 0.05) is 0 Å². The first-order valence-corrected chi connectivity index (χ1v) is 10.0. The number of halogens is 4. The van der Waals surface area contributed by atoms with Crippen LogP contribution < -0.4 is 0 Å². The molecule has 0 bridgehead atoms. The molecule has 3 rings (SSSR count). The van der Waals surface area contributed by atoms with Gasteiger partial charge in [0.2, 0.25) is 0 Å². The molecule has 1 atom stereocenters. The molecule has 0 nitrogen and oxygen atoms in total. The van der Waals surface area contributed by atoms with E-state index in [9.17, 15) is 17.6 Å². The first-order valence-electron chi connectivity index (χ1n) is 10.0. The van der Waals surface area contributed by atoms with E-state index in [-0.39, 0.29) is 11.1 Å². The maximum atomic E-state index is 14.6. The highest BCUT2D eigenvalue weighted by Gasteiger charge is 2.40. The average Bonchev–Trinajstić information content (AvgIpc) is 2.72. The smallest absolute Gasteiger partial charge is 0.207 e. The molecule has 0 radical (unpaired) electrons. The topological polar surface area (TPSA) is 0 Å². The molecule has 156 valence electrons. The normalized spacial score (nSPS) is 13.0. The first-order chi connectivity index (χ1) is 14.4. The highest BCUT2D eigenvalue weighted by molar-refractivity contribution is 5.69. The van der Waals surface area contributed by atoms with Gasteiger partial charge in [-0.1, -0.05) is 92.2 Å². The quantitative estimate of drug-likeness (QED) is 0.274. The van der Waals surface area contributed by atoms with Crippen LogP contribution in [0, 0.1) is 5.82 Å². The fraction of sp³-hybridized carbons (Fsp3) is 0.231. The molecule has 0 spiro atoms. The molecule has 0 aromatic heterocycles. The van der Waals surface area contributed by atoms with Crippen LogP contribution in [0.15, 0.2) is 72.8 Å². The predicted octanol–water partition coefficient (Wildman–Crippen LogP) is 7.84. The lowest BCUT2D eigenvalue weighted by Gasteiger charge is -2.21. The third-order valence-electron chi connectivity index (χ3n) is 5.08. The van der Waals surface area contributed by atoms with Crippen molar-refractivity contribution in [3.8, 4) is 0 Å². The first kappa shape index (κ1) is 21.8. The van der Waals surface area contributed by atoms with E-state index >= 15 is 0 Å². The standard InChI is InChI=1S/C26H24F4/c1-2-6-19-9-11-20(12-10-19)13-14-21-15-16-23(25(27)17-21)18-24(26(28,29)30)22-7-4-3-5-8-22/h3-5,7-17,24H,2,6,18H2,1H3/b14-13+/t24-/m0/s1. The summed E-state index contributed by atoms with van der Waals surface area (Å²) in [6, 6.07) is 20.2. The Kier molecular flexibility index (Phi) is 7.09. The van der Waals surface area contributed by atoms with Crippen LogP contribution in [0.25, 0.3) is 12.2 Å². The van der Waals surface area contributed by atoms with Crippen molar-refractivity contribution in [1.82, 2.24) is 0 Å². The van der Waals surface area contributed by atoms with Gasteiger partial charge in [-0.05, 0) is 46.7 Å². The van der Waals surface area contributed by atoms with Crippen molar-refractivity contribution in [3.63, 3.8) is 0 Å². The molecular formula is C26H24F4. The summed E-state index contributed by atoms with van der Waals surface area (Å²) < 4.78 is 55.2. The second-order valence-corrected chi connectivity index (χ2v) is 7.38. The zero-order chi connectivity index (χ0) is 21.6. The zero-order valence-electron chi connectivity index (χ0n) is 16.8. The average molecular weight is 412 g/mol. The van der Waals surface area contributed by atoms with Crippen molar-refractivity contribution >= 4 is 12.2 Å². The van der Waals surface area contributed by atoms with Crippen LogP contribution in [-0.4, -0.2) is 6.18 Å². The van der Waals surface area contributed by atoms with Crippen LogP contribution in [0.1, 0.15) is 47.1 Å². The van der Waals surface area contributed by atoms with Crippen LogP contribution in [0.2, 0.25) is 0 Å². The van der Waals surface area contributed by atoms with Gasteiger partial charge in [0.05, 0.1) is 5.92 Å². The number of rotatable bonds is 7. The van der Waals surface area contributed by atoms with Gasteiger partial charge in [-0.25, -0.2) is 4.39 Å². The van der Waals surface area contributed by atoms with E-state index in [0.717, 1.165) is 18.4 Å². The van der Waals surface area contributed by atoms with E-state index in [2.05, 4.69) is 19.1 Å².